The van der Waals surface area contributed by atoms with Gasteiger partial charge in [-0.2, -0.15) is 0 Å². The van der Waals surface area contributed by atoms with Crippen LogP contribution in [0, 0.1) is 0 Å². The van der Waals surface area contributed by atoms with Crippen molar-refractivity contribution in [2.24, 2.45) is 5.16 Å². The van der Waals surface area contributed by atoms with Gasteiger partial charge in [0, 0.05) is 12.1 Å². The molecule has 2 aromatic rings. The van der Waals surface area contributed by atoms with Gasteiger partial charge < -0.3 is 0 Å². The van der Waals surface area contributed by atoms with Crippen LogP contribution in [-0.2, 0) is 30.6 Å². The first-order valence-corrected chi connectivity index (χ1v) is 13.7. The van der Waals surface area contributed by atoms with Crippen LogP contribution in [0.15, 0.2) is 52.0 Å². The Morgan fingerprint density at radius 1 is 1.32 bits per heavy atom. The number of hydrogen-bond acceptors (Lipinski definition) is 9. The van der Waals surface area contributed by atoms with Crippen LogP contribution in [0.1, 0.15) is 19.5 Å². The molecule has 0 aromatic carbocycles. The molecule has 4 rings (SSSR count). The van der Waals surface area contributed by atoms with Gasteiger partial charge in [0.25, 0.3) is 0 Å². The average molecular weight is 594 g/mol. The Morgan fingerprint density at radius 2 is 2.03 bits per heavy atom. The van der Waals surface area contributed by atoms with E-state index in [-0.39, 0.29) is 36.3 Å². The number of carbonyl (C=O) groups is 4. The van der Waals surface area contributed by atoms with E-state index in [9.17, 15) is 29.4 Å². The van der Waals surface area contributed by atoms with E-state index in [1.807, 2.05) is 22.8 Å². The van der Waals surface area contributed by atoms with Crippen LogP contribution >= 0.6 is 11.8 Å². The molecule has 0 radical (unpaired) electrons. The fraction of sp³-hybridized carbons (Fsp3) is 0.318. The number of hydrogen-bond donors (Lipinski definition) is 4. The molecular formula is C22H23N6O7SSe+. The molecule has 4 heterocycles. The van der Waals surface area contributed by atoms with Gasteiger partial charge in [-0.1, -0.05) is 6.07 Å². The zero-order chi connectivity index (χ0) is 26.9. The summed E-state index contributed by atoms with van der Waals surface area (Å²) < 4.78 is 2.10. The molecular weight excluding hydrogens is 571 g/mol. The molecule has 5 N–H and O–H groups in total. The number of pyridine rings is 1. The summed E-state index contributed by atoms with van der Waals surface area (Å²) in [6, 6.07) is 4.46. The van der Waals surface area contributed by atoms with Crippen molar-refractivity contribution in [3.63, 3.8) is 0 Å². The molecule has 2 aliphatic rings. The van der Waals surface area contributed by atoms with Crippen molar-refractivity contribution in [3.8, 4) is 0 Å². The van der Waals surface area contributed by atoms with Crippen LogP contribution in [-0.4, -0.2) is 86.8 Å². The minimum atomic E-state index is -1.73. The first kappa shape index (κ1) is 26.4. The Labute approximate surface area is 220 Å². The third kappa shape index (κ3) is 5.38. The molecule has 2 aliphatic heterocycles. The second-order valence-electron chi connectivity index (χ2n) is 8.58. The number of carboxylic acid groups (broad SMARTS) is 2. The summed E-state index contributed by atoms with van der Waals surface area (Å²) in [5.74, 6) is -3.60. The normalized spacial score (nSPS) is 19.7. The molecule has 15 heteroatoms. The van der Waals surface area contributed by atoms with E-state index in [2.05, 4.69) is 15.5 Å². The molecule has 2 atom stereocenters. The summed E-state index contributed by atoms with van der Waals surface area (Å²) >= 11 is 1.01. The number of aliphatic carboxylic acids is 2. The van der Waals surface area contributed by atoms with Crippen molar-refractivity contribution in [1.82, 2.24) is 15.2 Å². The van der Waals surface area contributed by atoms with Crippen LogP contribution in [0.4, 0.5) is 4.69 Å². The van der Waals surface area contributed by atoms with Gasteiger partial charge in [0.1, 0.15) is 0 Å². The second kappa shape index (κ2) is 10.4. The van der Waals surface area contributed by atoms with Crippen LogP contribution in [0.5, 0.6) is 0 Å². The number of anilines is 1. The van der Waals surface area contributed by atoms with Crippen molar-refractivity contribution in [2.75, 3.05) is 11.5 Å². The number of carboxylic acids is 2. The number of rotatable bonds is 9. The van der Waals surface area contributed by atoms with Gasteiger partial charge in [-0.15, -0.1) is 0 Å². The summed E-state index contributed by atoms with van der Waals surface area (Å²) in [5.41, 5.74) is 4.23. The predicted octanol–water partition coefficient (Wildman–Crippen LogP) is -0.969. The molecule has 1 saturated heterocycles. The van der Waals surface area contributed by atoms with E-state index in [0.717, 1.165) is 0 Å². The Morgan fingerprint density at radius 3 is 2.62 bits per heavy atom. The molecule has 0 bridgehead atoms. The quantitative estimate of drug-likeness (QED) is 0.0925. The Balaban J connectivity index is 1.55. The van der Waals surface area contributed by atoms with Crippen molar-refractivity contribution in [3.05, 3.63) is 52.5 Å². The van der Waals surface area contributed by atoms with E-state index in [1.165, 1.54) is 30.5 Å². The number of nitrogens with two attached hydrogens (primary N) is 1. The Bertz CT molecular complexity index is 1330. The first-order valence-electron chi connectivity index (χ1n) is 10.9. The zero-order valence-electron chi connectivity index (χ0n) is 19.7. The van der Waals surface area contributed by atoms with Crippen molar-refractivity contribution >= 4 is 60.4 Å². The van der Waals surface area contributed by atoms with Crippen molar-refractivity contribution in [2.45, 2.75) is 37.4 Å². The monoisotopic (exact) mass is 595 g/mol. The van der Waals surface area contributed by atoms with Gasteiger partial charge in [-0.05, 0) is 0 Å². The summed E-state index contributed by atoms with van der Waals surface area (Å²) in [4.78, 5) is 61.6. The third-order valence-electron chi connectivity index (χ3n) is 5.55. The van der Waals surface area contributed by atoms with E-state index < -0.39 is 40.8 Å². The number of carbonyl (C=O) groups excluding carboxylic acids is 2. The fourth-order valence-electron chi connectivity index (χ4n) is 3.57. The molecule has 0 aliphatic carbocycles. The van der Waals surface area contributed by atoms with Crippen LogP contribution in [0.3, 0.4) is 0 Å². The number of nitrogen functional groups attached to an aromatic ring is 1. The number of β-lactam (4-membered cyclic amide) rings is 1. The first-order chi connectivity index (χ1) is 17.5. The van der Waals surface area contributed by atoms with Gasteiger partial charge in [-0.25, -0.2) is 0 Å². The number of thioether (sulfide) groups is 1. The van der Waals surface area contributed by atoms with Crippen molar-refractivity contribution < 1.29 is 38.8 Å². The maximum absolute atomic E-state index is 13.1. The van der Waals surface area contributed by atoms with Crippen LogP contribution < -0.4 is 15.6 Å². The molecule has 194 valence electrons. The zero-order valence-corrected chi connectivity index (χ0v) is 22.2. The summed E-state index contributed by atoms with van der Waals surface area (Å²) in [6.07, 6.45) is 3.60. The molecule has 13 nitrogen and oxygen atoms in total. The number of nitrogens with one attached hydrogen (secondary N) is 1. The van der Waals surface area contributed by atoms with E-state index >= 15 is 0 Å². The van der Waals surface area contributed by atoms with Gasteiger partial charge in [0.15, 0.2) is 12.4 Å². The Kier molecular flexibility index (Phi) is 7.39. The third-order valence-corrected chi connectivity index (χ3v) is 8.30. The number of aromatic nitrogens is 2. The molecule has 37 heavy (non-hydrogen) atoms. The topological polar surface area (TPSA) is 188 Å². The molecule has 0 unspecified atom stereocenters. The van der Waals surface area contributed by atoms with Crippen LogP contribution in [0.25, 0.3) is 0 Å². The molecule has 0 saturated carbocycles. The van der Waals surface area contributed by atoms with Gasteiger partial charge in [0.2, 0.25) is 0 Å². The Hall–Kier alpha value is -3.68. The minimum absolute atomic E-state index is 0.101. The van der Waals surface area contributed by atoms with Gasteiger partial charge in [0.05, 0.1) is 0 Å². The number of nitrogens with zero attached hydrogens (tertiary/aromatic N) is 4. The summed E-state index contributed by atoms with van der Waals surface area (Å²) in [7, 11) is 0. The number of amides is 2. The summed E-state index contributed by atoms with van der Waals surface area (Å²) in [6.45, 7) is 2.82. The van der Waals surface area contributed by atoms with Gasteiger partial charge in [-0.3, -0.25) is 0 Å². The van der Waals surface area contributed by atoms with Gasteiger partial charge >= 0.3 is 190 Å². The fourth-order valence-corrected chi connectivity index (χ4v) is 6.06. The number of oxime groups is 1. The van der Waals surface area contributed by atoms with E-state index in [0.29, 0.717) is 17.9 Å². The molecule has 2 aromatic heterocycles. The standard InChI is InChI=1S/C22H22N6O7SSe/c1-22(2,20(33)34)35-26-13(12-10-37-21(23)24-12)16(29)25-14-17(30)28-15(19(31)32)11(9-36-18(14)28)8-27-6-4-3-5-7-27/h3-7,10,14,18H,8-9H2,1-2H3,(H4-,23,24,25,29,31,32,33,34)/p+1/b26-13-/t14-,18-/m1/s1. The average Bonchev–Trinajstić information content (AvgIpc) is 3.28. The van der Waals surface area contributed by atoms with E-state index in [4.69, 9.17) is 10.6 Å². The SMILES string of the molecule is CC(C)(O/N=C(\C(=O)N[C@@H]1C(=O)N2C(C(=O)O)=C(C[n+]3ccccc3)CS[C@H]12)c1c[se]c(N)n1)C(=O)O. The molecule has 1 fully saturated rings. The van der Waals surface area contributed by atoms with E-state index in [1.54, 1.807) is 17.3 Å². The van der Waals surface area contributed by atoms with Crippen molar-refractivity contribution in [1.29, 1.82) is 0 Å². The summed E-state index contributed by atoms with van der Waals surface area (Å²) in [5, 5.41) is 24.8. The van der Waals surface area contributed by atoms with Crippen LogP contribution in [0.2, 0.25) is 0 Å². The maximum atomic E-state index is 13.1. The molecule has 0 spiro atoms. The second-order valence-corrected chi connectivity index (χ2v) is 11.6. The predicted molar refractivity (Wildman–Crippen MR) is 131 cm³/mol. The number of fused-ring (bicyclic) bond motifs is 1. The molecule has 2 amide bonds.